The van der Waals surface area contributed by atoms with Gasteiger partial charge in [-0.15, -0.1) is 0 Å². The van der Waals surface area contributed by atoms with Crippen molar-refractivity contribution in [1.29, 1.82) is 0 Å². The van der Waals surface area contributed by atoms with Gasteiger partial charge in [-0.3, -0.25) is 4.98 Å². The number of aromatic nitrogens is 1. The monoisotopic (exact) mass is 291 g/mol. The lowest BCUT2D eigenvalue weighted by atomic mass is 10.1. The first kappa shape index (κ1) is 14.0. The fourth-order valence-corrected chi connectivity index (χ4v) is 1.93. The molecule has 0 fully saturated rings. The van der Waals surface area contributed by atoms with Crippen molar-refractivity contribution < 1.29 is 19.4 Å². The van der Waals surface area contributed by atoms with Crippen LogP contribution >= 0.6 is 11.6 Å². The quantitative estimate of drug-likeness (QED) is 0.880. The molecule has 1 N–H and O–H groups in total. The number of methoxy groups -OCH3 is 1. The molecule has 0 saturated heterocycles. The molecule has 0 amide bonds. The molecule has 20 heavy (non-hydrogen) atoms. The highest BCUT2D eigenvalue weighted by Gasteiger charge is 2.12. The van der Waals surface area contributed by atoms with E-state index in [-0.39, 0.29) is 16.1 Å². The van der Waals surface area contributed by atoms with Crippen LogP contribution in [0, 0.1) is 0 Å². The molecule has 102 valence electrons. The van der Waals surface area contributed by atoms with Gasteiger partial charge in [0.05, 0.1) is 29.0 Å². The van der Waals surface area contributed by atoms with E-state index in [4.69, 9.17) is 16.7 Å². The number of nitrogens with zero attached hydrogens (tertiary/aromatic N) is 1. The molecule has 0 aliphatic carbocycles. The molecule has 5 nitrogen and oxygen atoms in total. The van der Waals surface area contributed by atoms with E-state index < -0.39 is 11.9 Å². The van der Waals surface area contributed by atoms with Gasteiger partial charge in [-0.2, -0.15) is 0 Å². The first-order chi connectivity index (χ1) is 9.52. The largest absolute Gasteiger partial charge is 0.478 e. The number of carbonyl (C=O) groups excluding carboxylic acids is 1. The molecule has 1 aromatic carbocycles. The fraction of sp³-hybridized carbons (Fsp3) is 0.0714. The standard InChI is InChI=1S/C14H10ClNO4/c1-20-14(19)10-3-2-8(6-11(10)15)12-7-9(13(17)18)4-5-16-12/h2-7H,1H3,(H,17,18). The highest BCUT2D eigenvalue weighted by molar-refractivity contribution is 6.33. The number of hydrogen-bond donors (Lipinski definition) is 1. The lowest BCUT2D eigenvalue weighted by molar-refractivity contribution is 0.0600. The van der Waals surface area contributed by atoms with Crippen molar-refractivity contribution in [1.82, 2.24) is 4.98 Å². The SMILES string of the molecule is COC(=O)c1ccc(-c2cc(C(=O)O)ccn2)cc1Cl. The van der Waals surface area contributed by atoms with Crippen LogP contribution in [0.2, 0.25) is 5.02 Å². The summed E-state index contributed by atoms with van der Waals surface area (Å²) in [4.78, 5) is 26.4. The van der Waals surface area contributed by atoms with Gasteiger partial charge in [-0.1, -0.05) is 17.7 Å². The van der Waals surface area contributed by atoms with Crippen LogP contribution in [0.3, 0.4) is 0 Å². The Hall–Kier alpha value is -2.40. The lowest BCUT2D eigenvalue weighted by Gasteiger charge is -2.06. The average molecular weight is 292 g/mol. The van der Waals surface area contributed by atoms with Gasteiger partial charge in [0.15, 0.2) is 0 Å². The summed E-state index contributed by atoms with van der Waals surface area (Å²) in [5, 5.41) is 9.16. The van der Waals surface area contributed by atoms with Crippen molar-refractivity contribution >= 4 is 23.5 Å². The van der Waals surface area contributed by atoms with E-state index in [9.17, 15) is 9.59 Å². The van der Waals surface area contributed by atoms with Crippen molar-refractivity contribution in [2.75, 3.05) is 7.11 Å². The third-order valence-corrected chi connectivity index (χ3v) is 2.99. The molecule has 0 saturated carbocycles. The highest BCUT2D eigenvalue weighted by atomic mass is 35.5. The van der Waals surface area contributed by atoms with Crippen LogP contribution in [0.25, 0.3) is 11.3 Å². The Kier molecular flexibility index (Phi) is 4.00. The Bertz CT molecular complexity index is 685. The molecule has 1 aromatic heterocycles. The molecule has 2 rings (SSSR count). The second-order valence-electron chi connectivity index (χ2n) is 3.92. The third kappa shape index (κ3) is 2.78. The van der Waals surface area contributed by atoms with Gasteiger partial charge in [0.2, 0.25) is 0 Å². The maximum Gasteiger partial charge on any atom is 0.339 e. The number of hydrogen-bond acceptors (Lipinski definition) is 4. The Morgan fingerprint density at radius 1 is 1.25 bits per heavy atom. The number of benzene rings is 1. The molecule has 2 aromatic rings. The number of esters is 1. The van der Waals surface area contributed by atoms with E-state index in [2.05, 4.69) is 9.72 Å². The normalized spacial score (nSPS) is 10.1. The van der Waals surface area contributed by atoms with Gasteiger partial charge < -0.3 is 9.84 Å². The van der Waals surface area contributed by atoms with Gasteiger partial charge in [-0.05, 0) is 24.3 Å². The number of ether oxygens (including phenoxy) is 1. The Morgan fingerprint density at radius 3 is 2.60 bits per heavy atom. The van der Waals surface area contributed by atoms with Gasteiger partial charge in [0.25, 0.3) is 0 Å². The predicted octanol–water partition coefficient (Wildman–Crippen LogP) is 2.89. The smallest absolute Gasteiger partial charge is 0.339 e. The molecule has 0 aliphatic heterocycles. The molecule has 1 heterocycles. The third-order valence-electron chi connectivity index (χ3n) is 2.68. The fourth-order valence-electron chi connectivity index (χ4n) is 1.67. The van der Waals surface area contributed by atoms with Crippen LogP contribution in [0.1, 0.15) is 20.7 Å². The molecular formula is C14H10ClNO4. The molecule has 0 unspecified atom stereocenters. The van der Waals surface area contributed by atoms with E-state index in [0.29, 0.717) is 11.3 Å². The summed E-state index contributed by atoms with van der Waals surface area (Å²) in [6, 6.07) is 7.52. The van der Waals surface area contributed by atoms with Crippen molar-refractivity contribution in [3.05, 3.63) is 52.7 Å². The second-order valence-corrected chi connectivity index (χ2v) is 4.33. The first-order valence-corrected chi connectivity index (χ1v) is 5.98. The molecule has 0 aliphatic rings. The summed E-state index contributed by atoms with van der Waals surface area (Å²) < 4.78 is 4.60. The topological polar surface area (TPSA) is 76.5 Å². The Balaban J connectivity index is 2.44. The van der Waals surface area contributed by atoms with Crippen LogP contribution in [-0.4, -0.2) is 29.1 Å². The van der Waals surface area contributed by atoms with Crippen molar-refractivity contribution in [3.8, 4) is 11.3 Å². The predicted molar refractivity (Wildman–Crippen MR) is 73.0 cm³/mol. The molecule has 0 bridgehead atoms. The number of pyridine rings is 1. The van der Waals surface area contributed by atoms with E-state index in [1.165, 1.54) is 31.5 Å². The van der Waals surface area contributed by atoms with Gasteiger partial charge >= 0.3 is 11.9 Å². The molecule has 0 radical (unpaired) electrons. The van der Waals surface area contributed by atoms with E-state index in [0.717, 1.165) is 0 Å². The van der Waals surface area contributed by atoms with Crippen LogP contribution in [-0.2, 0) is 4.74 Å². The summed E-state index contributed by atoms with van der Waals surface area (Å²) in [5.41, 5.74) is 1.45. The zero-order valence-electron chi connectivity index (χ0n) is 10.5. The maximum absolute atomic E-state index is 11.4. The molecular weight excluding hydrogens is 282 g/mol. The minimum Gasteiger partial charge on any atom is -0.478 e. The molecule has 6 heteroatoms. The second kappa shape index (κ2) is 5.71. The molecule has 0 atom stereocenters. The number of halogens is 1. The van der Waals surface area contributed by atoms with E-state index >= 15 is 0 Å². The van der Waals surface area contributed by atoms with E-state index in [1.54, 1.807) is 12.1 Å². The zero-order chi connectivity index (χ0) is 14.7. The highest BCUT2D eigenvalue weighted by Crippen LogP contribution is 2.25. The van der Waals surface area contributed by atoms with Crippen LogP contribution in [0.4, 0.5) is 0 Å². The van der Waals surface area contributed by atoms with E-state index in [1.807, 2.05) is 0 Å². The number of carboxylic acid groups (broad SMARTS) is 1. The Morgan fingerprint density at radius 2 is 2.00 bits per heavy atom. The molecule has 0 spiro atoms. The Labute approximate surface area is 119 Å². The van der Waals surface area contributed by atoms with Crippen molar-refractivity contribution in [3.63, 3.8) is 0 Å². The van der Waals surface area contributed by atoms with Gasteiger partial charge in [-0.25, -0.2) is 9.59 Å². The zero-order valence-corrected chi connectivity index (χ0v) is 11.2. The minimum absolute atomic E-state index is 0.128. The minimum atomic E-state index is -1.04. The first-order valence-electron chi connectivity index (χ1n) is 5.60. The summed E-state index contributed by atoms with van der Waals surface area (Å²) in [6.45, 7) is 0. The van der Waals surface area contributed by atoms with Crippen LogP contribution in [0.5, 0.6) is 0 Å². The number of rotatable bonds is 3. The van der Waals surface area contributed by atoms with Crippen LogP contribution in [0.15, 0.2) is 36.5 Å². The summed E-state index contributed by atoms with van der Waals surface area (Å²) >= 11 is 6.01. The summed E-state index contributed by atoms with van der Waals surface area (Å²) in [5.74, 6) is -1.57. The van der Waals surface area contributed by atoms with Gasteiger partial charge in [0, 0.05) is 11.8 Å². The van der Waals surface area contributed by atoms with Gasteiger partial charge in [0.1, 0.15) is 0 Å². The number of carbonyl (C=O) groups is 2. The lowest BCUT2D eigenvalue weighted by Crippen LogP contribution is -2.02. The summed E-state index contributed by atoms with van der Waals surface area (Å²) in [7, 11) is 1.27. The van der Waals surface area contributed by atoms with Crippen molar-refractivity contribution in [2.45, 2.75) is 0 Å². The summed E-state index contributed by atoms with van der Waals surface area (Å²) in [6.07, 6.45) is 1.40. The average Bonchev–Trinajstić information content (AvgIpc) is 2.46. The number of carboxylic acids is 1. The van der Waals surface area contributed by atoms with Crippen molar-refractivity contribution in [2.24, 2.45) is 0 Å². The van der Waals surface area contributed by atoms with Crippen LogP contribution < -0.4 is 0 Å². The number of aromatic carboxylic acids is 1. The maximum atomic E-state index is 11.4.